The van der Waals surface area contributed by atoms with Crippen molar-refractivity contribution in [2.45, 2.75) is 24.7 Å². The van der Waals surface area contributed by atoms with Crippen molar-refractivity contribution in [3.63, 3.8) is 0 Å². The van der Waals surface area contributed by atoms with Crippen LogP contribution in [0.3, 0.4) is 0 Å². The summed E-state index contributed by atoms with van der Waals surface area (Å²) in [6.45, 7) is 4.70. The standard InChI is InChI=1S/C64H43NO2/c1-63(2)53-27-10-6-19-45(53)48-38-37-43(39-57(48)63)65(42-35-33-40(34-36-42)44-23-14-24-50-49-22-9-13-32-59(49)66-60(44)50)58-31-16-26-52-51-25-15-30-56(61(51)67-62(52)58)64(41-17-4-3-5-18-41)54-28-11-7-20-46(54)47-21-8-12-29-55(47)64/h3-39H,1-2H3. The van der Waals surface area contributed by atoms with E-state index in [0.29, 0.717) is 0 Å². The van der Waals surface area contributed by atoms with Crippen LogP contribution in [0.15, 0.2) is 233 Å². The van der Waals surface area contributed by atoms with Crippen LogP contribution in [0, 0.1) is 0 Å². The van der Waals surface area contributed by atoms with Crippen LogP contribution in [0.1, 0.15) is 47.2 Å². The SMILES string of the molecule is CC1(C)c2ccccc2-c2ccc(N(c3ccc(-c4cccc5c4oc4ccccc45)cc3)c3cccc4c3oc3c(C5(c6ccccc6)c6ccccc6-c6ccccc65)cccc34)cc21. The lowest BCUT2D eigenvalue weighted by Gasteiger charge is -2.33. The topological polar surface area (TPSA) is 29.5 Å². The number of rotatable bonds is 6. The van der Waals surface area contributed by atoms with Gasteiger partial charge in [0.2, 0.25) is 0 Å². The van der Waals surface area contributed by atoms with Crippen LogP contribution in [0.4, 0.5) is 17.1 Å². The number of para-hydroxylation sites is 4. The number of benzene rings is 10. The minimum absolute atomic E-state index is 0.178. The Hall–Kier alpha value is -8.40. The van der Waals surface area contributed by atoms with Crippen molar-refractivity contribution >= 4 is 60.9 Å². The highest BCUT2D eigenvalue weighted by molar-refractivity contribution is 6.13. The van der Waals surface area contributed by atoms with Gasteiger partial charge in [0.15, 0.2) is 5.58 Å². The van der Waals surface area contributed by atoms with Crippen LogP contribution >= 0.6 is 0 Å². The molecule has 0 saturated heterocycles. The molecule has 2 heterocycles. The summed E-state index contributed by atoms with van der Waals surface area (Å²) in [5.74, 6) is 0. The van der Waals surface area contributed by atoms with Crippen LogP contribution in [0.25, 0.3) is 77.3 Å². The fraction of sp³-hybridized carbons (Fsp3) is 0.0625. The smallest absolute Gasteiger partial charge is 0.159 e. The molecule has 0 aliphatic heterocycles. The van der Waals surface area contributed by atoms with Crippen molar-refractivity contribution in [3.8, 4) is 33.4 Å². The van der Waals surface area contributed by atoms with E-state index in [1.807, 2.05) is 12.1 Å². The van der Waals surface area contributed by atoms with Crippen molar-refractivity contribution in [1.29, 1.82) is 0 Å². The van der Waals surface area contributed by atoms with Gasteiger partial charge in [0.05, 0.1) is 11.1 Å². The minimum atomic E-state index is -0.610. The van der Waals surface area contributed by atoms with Gasteiger partial charge in [-0.2, -0.15) is 0 Å². The first kappa shape index (κ1) is 37.9. The minimum Gasteiger partial charge on any atom is -0.455 e. The van der Waals surface area contributed by atoms with Gasteiger partial charge in [-0.1, -0.05) is 202 Å². The summed E-state index contributed by atoms with van der Waals surface area (Å²) in [5.41, 5.74) is 20.6. The van der Waals surface area contributed by atoms with Crippen LogP contribution in [-0.4, -0.2) is 0 Å². The molecule has 316 valence electrons. The van der Waals surface area contributed by atoms with Gasteiger partial charge in [0, 0.05) is 49.5 Å². The van der Waals surface area contributed by atoms with E-state index in [4.69, 9.17) is 8.83 Å². The highest BCUT2D eigenvalue weighted by Crippen LogP contribution is 2.58. The van der Waals surface area contributed by atoms with Gasteiger partial charge in [-0.3, -0.25) is 0 Å². The van der Waals surface area contributed by atoms with E-state index in [0.717, 1.165) is 77.6 Å². The maximum absolute atomic E-state index is 7.53. The average molecular weight is 858 g/mol. The van der Waals surface area contributed by atoms with E-state index in [2.05, 4.69) is 231 Å². The second kappa shape index (κ2) is 14.1. The molecule has 0 fully saturated rings. The van der Waals surface area contributed by atoms with E-state index < -0.39 is 5.41 Å². The number of hydrogen-bond donors (Lipinski definition) is 0. The highest BCUT2D eigenvalue weighted by Gasteiger charge is 2.47. The Balaban J connectivity index is 1.00. The van der Waals surface area contributed by atoms with Crippen molar-refractivity contribution in [3.05, 3.63) is 258 Å². The quantitative estimate of drug-likeness (QED) is 0.167. The number of fused-ring (bicyclic) bond motifs is 12. The lowest BCUT2D eigenvalue weighted by atomic mass is 9.67. The molecular formula is C64H43NO2. The third-order valence-electron chi connectivity index (χ3n) is 15.0. The summed E-state index contributed by atoms with van der Waals surface area (Å²) in [6, 6.07) is 81.7. The summed E-state index contributed by atoms with van der Waals surface area (Å²) in [7, 11) is 0. The second-order valence-electron chi connectivity index (χ2n) is 18.7. The molecule has 0 unspecified atom stereocenters. The van der Waals surface area contributed by atoms with Gasteiger partial charge in [-0.25, -0.2) is 0 Å². The van der Waals surface area contributed by atoms with Crippen molar-refractivity contribution in [2.75, 3.05) is 4.90 Å². The zero-order chi connectivity index (χ0) is 44.4. The Bertz CT molecular complexity index is 3920. The van der Waals surface area contributed by atoms with Crippen LogP contribution < -0.4 is 4.90 Å². The molecule has 67 heavy (non-hydrogen) atoms. The van der Waals surface area contributed by atoms with E-state index in [1.54, 1.807) is 0 Å². The summed E-state index contributed by atoms with van der Waals surface area (Å²) in [5, 5.41) is 4.41. The Labute approximate surface area is 388 Å². The third-order valence-corrected chi connectivity index (χ3v) is 15.0. The molecule has 2 aliphatic rings. The molecule has 10 aromatic carbocycles. The van der Waals surface area contributed by atoms with E-state index in [1.165, 1.54) is 50.1 Å². The molecule has 3 heteroatoms. The molecule has 0 saturated carbocycles. The first-order valence-corrected chi connectivity index (χ1v) is 23.2. The first-order valence-electron chi connectivity index (χ1n) is 23.2. The van der Waals surface area contributed by atoms with E-state index in [-0.39, 0.29) is 5.41 Å². The molecule has 2 aromatic heterocycles. The lowest BCUT2D eigenvalue weighted by molar-refractivity contribution is 0.648. The zero-order valence-electron chi connectivity index (χ0n) is 37.1. The molecule has 2 aliphatic carbocycles. The lowest BCUT2D eigenvalue weighted by Crippen LogP contribution is -2.28. The summed E-state index contributed by atoms with van der Waals surface area (Å²) < 4.78 is 14.0. The van der Waals surface area contributed by atoms with Gasteiger partial charge < -0.3 is 13.7 Å². The Morgan fingerprint density at radius 3 is 1.61 bits per heavy atom. The molecule has 0 radical (unpaired) electrons. The molecule has 0 atom stereocenters. The van der Waals surface area contributed by atoms with Gasteiger partial charge in [-0.15, -0.1) is 0 Å². The van der Waals surface area contributed by atoms with Crippen molar-refractivity contribution in [1.82, 2.24) is 0 Å². The van der Waals surface area contributed by atoms with E-state index in [9.17, 15) is 0 Å². The van der Waals surface area contributed by atoms with Crippen LogP contribution in [0.5, 0.6) is 0 Å². The predicted molar refractivity (Wildman–Crippen MR) is 276 cm³/mol. The third kappa shape index (κ3) is 5.23. The molecule has 3 nitrogen and oxygen atoms in total. The zero-order valence-corrected chi connectivity index (χ0v) is 37.1. The fourth-order valence-electron chi connectivity index (χ4n) is 12.0. The molecule has 0 spiro atoms. The van der Waals surface area contributed by atoms with Gasteiger partial charge >= 0.3 is 0 Å². The monoisotopic (exact) mass is 857 g/mol. The number of furan rings is 2. The maximum atomic E-state index is 7.53. The normalized spacial score (nSPS) is 14.1. The first-order chi connectivity index (χ1) is 33.0. The van der Waals surface area contributed by atoms with Gasteiger partial charge in [0.1, 0.15) is 16.7 Å². The van der Waals surface area contributed by atoms with Crippen LogP contribution in [-0.2, 0) is 10.8 Å². The molecule has 0 amide bonds. The Morgan fingerprint density at radius 1 is 0.343 bits per heavy atom. The summed E-state index contributed by atoms with van der Waals surface area (Å²) >= 11 is 0. The number of anilines is 3. The molecule has 14 rings (SSSR count). The average Bonchev–Trinajstić information content (AvgIpc) is 4.11. The number of hydrogen-bond acceptors (Lipinski definition) is 3. The Morgan fingerprint density at radius 2 is 0.866 bits per heavy atom. The van der Waals surface area contributed by atoms with Crippen molar-refractivity contribution in [2.24, 2.45) is 0 Å². The largest absolute Gasteiger partial charge is 0.455 e. The number of nitrogens with zero attached hydrogens (tertiary/aromatic N) is 1. The molecular weight excluding hydrogens is 815 g/mol. The van der Waals surface area contributed by atoms with Gasteiger partial charge in [0.25, 0.3) is 0 Å². The van der Waals surface area contributed by atoms with Crippen molar-refractivity contribution < 1.29 is 8.83 Å². The molecule has 12 aromatic rings. The molecule has 0 bridgehead atoms. The molecule has 0 N–H and O–H groups in total. The highest BCUT2D eigenvalue weighted by atomic mass is 16.3. The Kier molecular flexibility index (Phi) is 7.95. The predicted octanol–water partition coefficient (Wildman–Crippen LogP) is 17.3. The summed E-state index contributed by atoms with van der Waals surface area (Å²) in [4.78, 5) is 2.39. The van der Waals surface area contributed by atoms with Gasteiger partial charge in [-0.05, 0) is 92.0 Å². The maximum Gasteiger partial charge on any atom is 0.159 e. The van der Waals surface area contributed by atoms with E-state index >= 15 is 0 Å². The second-order valence-corrected chi connectivity index (χ2v) is 18.7. The van der Waals surface area contributed by atoms with Crippen LogP contribution in [0.2, 0.25) is 0 Å². The fourth-order valence-corrected chi connectivity index (χ4v) is 12.0. The summed E-state index contributed by atoms with van der Waals surface area (Å²) in [6.07, 6.45) is 0.